The van der Waals surface area contributed by atoms with Crippen molar-refractivity contribution in [3.63, 3.8) is 0 Å². The van der Waals surface area contributed by atoms with Crippen molar-refractivity contribution in [3.8, 4) is 44.5 Å². The standard InChI is InChI=1S/C52H34F4N4O8/c1-65-49(61)25-5-9-29(33(53)21-25)45-37-13-15-39(57-37)46(30-10-6-26(22-34(30)54)50(62)66-2)41-17-19-43(59-41)48(32-12-8-28(24-36(32)56)52(64)68-4)44-20-18-42(60-44)47(40-16-14-38(45)58-40)31-11-7-27(23-35(31)55)51(63)67-3/h5-24,57-58H,1-4H3. The van der Waals surface area contributed by atoms with Crippen molar-refractivity contribution in [3.05, 3.63) is 165 Å². The summed E-state index contributed by atoms with van der Waals surface area (Å²) in [7, 11) is 4.66. The van der Waals surface area contributed by atoms with E-state index < -0.39 is 47.1 Å². The van der Waals surface area contributed by atoms with Crippen LogP contribution in [0.3, 0.4) is 0 Å². The van der Waals surface area contributed by atoms with E-state index >= 15 is 17.6 Å². The smallest absolute Gasteiger partial charge is 0.337 e. The van der Waals surface area contributed by atoms with Crippen LogP contribution in [0.2, 0.25) is 0 Å². The largest absolute Gasteiger partial charge is 0.465 e. The van der Waals surface area contributed by atoms with Gasteiger partial charge in [0.2, 0.25) is 0 Å². The Labute approximate surface area is 383 Å². The van der Waals surface area contributed by atoms with Crippen LogP contribution in [0.25, 0.3) is 90.9 Å². The fourth-order valence-electron chi connectivity index (χ4n) is 8.19. The third kappa shape index (κ3) is 7.86. The zero-order chi connectivity index (χ0) is 48.0. The second-order valence-electron chi connectivity index (χ2n) is 15.2. The Kier molecular flexibility index (Phi) is 11.6. The first kappa shape index (κ1) is 44.3. The summed E-state index contributed by atoms with van der Waals surface area (Å²) in [6.07, 6.45) is 6.28. The minimum atomic E-state index is -0.841. The van der Waals surface area contributed by atoms with Crippen LogP contribution >= 0.6 is 0 Å². The molecule has 2 aliphatic heterocycles. The van der Waals surface area contributed by atoms with Crippen LogP contribution < -0.4 is 0 Å². The van der Waals surface area contributed by atoms with Gasteiger partial charge in [0, 0.05) is 66.6 Å². The van der Waals surface area contributed by atoms with E-state index in [1.165, 1.54) is 69.9 Å². The minimum absolute atomic E-state index is 0.00724. The number of nitrogens with one attached hydrogen (secondary N) is 2. The van der Waals surface area contributed by atoms with Crippen LogP contribution in [0, 0.1) is 23.3 Å². The van der Waals surface area contributed by atoms with Crippen LogP contribution in [-0.4, -0.2) is 72.3 Å². The number of H-pyrrole nitrogens is 2. The van der Waals surface area contributed by atoms with Gasteiger partial charge in [0.1, 0.15) is 23.3 Å². The van der Waals surface area contributed by atoms with Gasteiger partial charge in [0.15, 0.2) is 0 Å². The Bertz CT molecular complexity index is 3390. The number of aromatic amines is 2. The predicted octanol–water partition coefficient (Wildman–Crippen LogP) is 11.0. The number of fused-ring (bicyclic) bond motifs is 8. The molecule has 68 heavy (non-hydrogen) atoms. The summed E-state index contributed by atoms with van der Waals surface area (Å²) in [6, 6.07) is 21.6. The number of benzene rings is 4. The number of halogens is 4. The first-order valence-electron chi connectivity index (χ1n) is 20.5. The zero-order valence-electron chi connectivity index (χ0n) is 36.2. The van der Waals surface area contributed by atoms with Crippen molar-refractivity contribution in [2.45, 2.75) is 0 Å². The number of ether oxygens (including phenoxy) is 4. The molecule has 0 radical (unpaired) electrons. The highest BCUT2D eigenvalue weighted by Gasteiger charge is 2.25. The molecule has 338 valence electrons. The van der Waals surface area contributed by atoms with E-state index in [0.717, 1.165) is 31.4 Å². The topological polar surface area (TPSA) is 163 Å². The molecule has 0 saturated heterocycles. The molecule has 8 bridgehead atoms. The SMILES string of the molecule is COC(=O)c1ccc(-c2c3nc(c(-c4ccc(C(=O)OC)cc4F)c4ccc([nH]4)c(-c4ccc(C(=O)OC)cc4F)c4ccc([nH]4)c(-c4ccc(C(=O)OC)cc4F)c4nc2C=C4)C=C3)c(F)c1. The molecule has 5 heterocycles. The second kappa shape index (κ2) is 17.8. The van der Waals surface area contributed by atoms with Gasteiger partial charge in [0.25, 0.3) is 0 Å². The van der Waals surface area contributed by atoms with Crippen molar-refractivity contribution in [2.75, 3.05) is 28.4 Å². The molecule has 7 aromatic rings. The van der Waals surface area contributed by atoms with Crippen molar-refractivity contribution in [1.82, 2.24) is 19.9 Å². The highest BCUT2D eigenvalue weighted by atomic mass is 19.1. The van der Waals surface area contributed by atoms with Gasteiger partial charge >= 0.3 is 23.9 Å². The molecule has 0 aliphatic carbocycles. The molecule has 12 nitrogen and oxygen atoms in total. The number of aromatic nitrogens is 4. The van der Waals surface area contributed by atoms with Crippen molar-refractivity contribution in [2.24, 2.45) is 0 Å². The summed E-state index contributed by atoms with van der Waals surface area (Å²) in [4.78, 5) is 66.3. The molecule has 0 spiro atoms. The molecule has 0 fully saturated rings. The third-order valence-corrected chi connectivity index (χ3v) is 11.4. The lowest BCUT2D eigenvalue weighted by Gasteiger charge is -2.10. The van der Waals surface area contributed by atoms with Crippen LogP contribution in [0.5, 0.6) is 0 Å². The molecular weight excluding hydrogens is 885 g/mol. The van der Waals surface area contributed by atoms with E-state index in [-0.39, 0.29) is 112 Å². The number of rotatable bonds is 8. The maximum atomic E-state index is 16.5. The van der Waals surface area contributed by atoms with Crippen LogP contribution in [0.1, 0.15) is 64.2 Å². The quantitative estimate of drug-likeness (QED) is 0.0852. The summed E-state index contributed by atoms with van der Waals surface area (Å²) in [6.45, 7) is 0. The van der Waals surface area contributed by atoms with Crippen LogP contribution in [-0.2, 0) is 18.9 Å². The number of hydrogen-bond acceptors (Lipinski definition) is 10. The average Bonchev–Trinajstić information content (AvgIpc) is 4.20. The summed E-state index contributed by atoms with van der Waals surface area (Å²) in [5.74, 6) is -6.41. The Balaban J connectivity index is 1.46. The maximum absolute atomic E-state index is 16.5. The zero-order valence-corrected chi connectivity index (χ0v) is 36.2. The Morgan fingerprint density at radius 1 is 0.368 bits per heavy atom. The molecule has 0 atom stereocenters. The van der Waals surface area contributed by atoms with Gasteiger partial charge in [-0.15, -0.1) is 0 Å². The molecule has 9 rings (SSSR count). The Hall–Kier alpha value is -8.92. The van der Waals surface area contributed by atoms with E-state index in [1.54, 1.807) is 48.6 Å². The van der Waals surface area contributed by atoms with Gasteiger partial charge in [-0.2, -0.15) is 0 Å². The van der Waals surface area contributed by atoms with Crippen molar-refractivity contribution >= 4 is 70.2 Å². The first-order chi connectivity index (χ1) is 32.8. The monoisotopic (exact) mass is 918 g/mol. The van der Waals surface area contributed by atoms with Gasteiger partial charge in [-0.3, -0.25) is 0 Å². The minimum Gasteiger partial charge on any atom is -0.465 e. The molecule has 4 aromatic carbocycles. The molecular formula is C52H34F4N4O8. The predicted molar refractivity (Wildman–Crippen MR) is 246 cm³/mol. The third-order valence-electron chi connectivity index (χ3n) is 11.4. The lowest BCUT2D eigenvalue weighted by Crippen LogP contribution is -2.03. The van der Waals surface area contributed by atoms with Gasteiger partial charge in [-0.25, -0.2) is 46.7 Å². The van der Waals surface area contributed by atoms with E-state index in [4.69, 9.17) is 28.9 Å². The van der Waals surface area contributed by atoms with E-state index in [9.17, 15) is 19.2 Å². The number of carbonyl (C=O) groups excluding carboxylic acids is 4. The first-order valence-corrected chi connectivity index (χ1v) is 20.5. The lowest BCUT2D eigenvalue weighted by atomic mass is 10.00. The molecule has 2 N–H and O–H groups in total. The molecule has 16 heteroatoms. The molecule has 0 amide bonds. The van der Waals surface area contributed by atoms with E-state index in [2.05, 4.69) is 9.97 Å². The fourth-order valence-corrected chi connectivity index (χ4v) is 8.19. The van der Waals surface area contributed by atoms with Gasteiger partial charge in [0.05, 0.1) is 73.5 Å². The van der Waals surface area contributed by atoms with E-state index in [1.807, 2.05) is 0 Å². The normalized spacial score (nSPS) is 11.6. The molecule has 2 aliphatic rings. The highest BCUT2D eigenvalue weighted by molar-refractivity contribution is 6.02. The van der Waals surface area contributed by atoms with Crippen molar-refractivity contribution in [1.29, 1.82) is 0 Å². The molecule has 3 aromatic heterocycles. The number of nitrogens with zero attached hydrogens (tertiary/aromatic N) is 2. The van der Waals surface area contributed by atoms with Gasteiger partial charge in [-0.05, 0) is 97.1 Å². The Morgan fingerprint density at radius 2 is 0.618 bits per heavy atom. The molecule has 0 unspecified atom stereocenters. The van der Waals surface area contributed by atoms with Gasteiger partial charge in [-0.1, -0.05) is 24.3 Å². The van der Waals surface area contributed by atoms with Gasteiger partial charge < -0.3 is 28.9 Å². The number of hydrogen-bond donors (Lipinski definition) is 2. The molecule has 0 saturated carbocycles. The average molecular weight is 919 g/mol. The summed E-state index contributed by atoms with van der Waals surface area (Å²) in [5, 5.41) is 0. The maximum Gasteiger partial charge on any atom is 0.337 e. The summed E-state index contributed by atoms with van der Waals surface area (Å²) in [5.41, 5.74) is 2.10. The van der Waals surface area contributed by atoms with Crippen LogP contribution in [0.15, 0.2) is 97.1 Å². The lowest BCUT2D eigenvalue weighted by molar-refractivity contribution is 0.0591. The van der Waals surface area contributed by atoms with E-state index in [0.29, 0.717) is 0 Å². The summed E-state index contributed by atoms with van der Waals surface area (Å²) < 4.78 is 85.1. The second-order valence-corrected chi connectivity index (χ2v) is 15.2. The number of methoxy groups -OCH3 is 4. The highest BCUT2D eigenvalue weighted by Crippen LogP contribution is 2.41. The Morgan fingerprint density at radius 3 is 0.897 bits per heavy atom. The number of carbonyl (C=O) groups is 4. The van der Waals surface area contributed by atoms with Crippen LogP contribution in [0.4, 0.5) is 17.6 Å². The number of esters is 4. The fraction of sp³-hybridized carbons (Fsp3) is 0.0769. The van der Waals surface area contributed by atoms with Crippen molar-refractivity contribution < 1.29 is 55.7 Å². The summed E-state index contributed by atoms with van der Waals surface area (Å²) >= 11 is 0.